The van der Waals surface area contributed by atoms with Gasteiger partial charge in [-0.1, -0.05) is 32.4 Å². The molecule has 6 heteroatoms. The average Bonchev–Trinajstić information content (AvgIpc) is 2.73. The van der Waals surface area contributed by atoms with Crippen LogP contribution in [0.3, 0.4) is 0 Å². The number of hydrogen-bond acceptors (Lipinski definition) is 4. The molecule has 0 bridgehead atoms. The zero-order valence-corrected chi connectivity index (χ0v) is 12.1. The average molecular weight is 280 g/mol. The van der Waals surface area contributed by atoms with Gasteiger partial charge in [-0.15, -0.1) is 5.10 Å². The summed E-state index contributed by atoms with van der Waals surface area (Å²) in [6, 6.07) is 5.35. The number of aryl methyl sites for hydroxylation is 1. The van der Waals surface area contributed by atoms with Crippen LogP contribution in [0.25, 0.3) is 11.4 Å². The topological polar surface area (TPSA) is 69.6 Å². The van der Waals surface area contributed by atoms with Gasteiger partial charge in [-0.3, -0.25) is 0 Å². The van der Waals surface area contributed by atoms with Gasteiger partial charge in [0, 0.05) is 17.8 Å². The zero-order valence-electron chi connectivity index (χ0n) is 11.4. The minimum absolute atomic E-state index is 0.230. The number of halogens is 1. The molecule has 0 saturated heterocycles. The first-order valence-electron chi connectivity index (χ1n) is 6.18. The van der Waals surface area contributed by atoms with Crippen LogP contribution in [0.15, 0.2) is 18.2 Å². The second-order valence-corrected chi connectivity index (χ2v) is 6.18. The maximum Gasteiger partial charge on any atom is 0.183 e. The van der Waals surface area contributed by atoms with Crippen molar-refractivity contribution in [2.75, 3.05) is 5.73 Å². The Bertz CT molecular complexity index is 571. The number of anilines is 1. The van der Waals surface area contributed by atoms with Crippen molar-refractivity contribution >= 4 is 17.3 Å². The Morgan fingerprint density at radius 1 is 1.32 bits per heavy atom. The molecule has 2 N–H and O–H groups in total. The highest BCUT2D eigenvalue weighted by molar-refractivity contribution is 6.33. The van der Waals surface area contributed by atoms with Crippen molar-refractivity contribution in [1.29, 1.82) is 0 Å². The molecule has 2 aromatic rings. The minimum Gasteiger partial charge on any atom is -0.399 e. The molecule has 1 aromatic carbocycles. The molecule has 2 rings (SSSR count). The van der Waals surface area contributed by atoms with Crippen molar-refractivity contribution in [1.82, 2.24) is 20.2 Å². The van der Waals surface area contributed by atoms with E-state index in [9.17, 15) is 0 Å². The summed E-state index contributed by atoms with van der Waals surface area (Å²) in [5.74, 6) is 0.675. The van der Waals surface area contributed by atoms with Crippen molar-refractivity contribution in [2.24, 2.45) is 5.41 Å². The number of aromatic nitrogens is 4. The van der Waals surface area contributed by atoms with Gasteiger partial charge in [-0.25, -0.2) is 4.68 Å². The number of nitrogen functional groups attached to an aromatic ring is 1. The molecule has 1 aromatic heterocycles. The van der Waals surface area contributed by atoms with E-state index in [0.29, 0.717) is 16.5 Å². The van der Waals surface area contributed by atoms with Crippen LogP contribution in [0, 0.1) is 5.41 Å². The molecule has 5 nitrogen and oxygen atoms in total. The van der Waals surface area contributed by atoms with Crippen LogP contribution in [-0.2, 0) is 6.54 Å². The fraction of sp³-hybridized carbons (Fsp3) is 0.462. The van der Waals surface area contributed by atoms with Crippen LogP contribution in [0.1, 0.15) is 27.2 Å². The Balaban J connectivity index is 2.28. The van der Waals surface area contributed by atoms with Crippen LogP contribution in [0.5, 0.6) is 0 Å². The molecule has 0 radical (unpaired) electrons. The van der Waals surface area contributed by atoms with E-state index in [1.54, 1.807) is 16.8 Å². The molecule has 0 saturated carbocycles. The van der Waals surface area contributed by atoms with Gasteiger partial charge in [-0.05, 0) is 40.5 Å². The molecular formula is C13H18ClN5. The molecule has 0 aliphatic heterocycles. The predicted octanol–water partition coefficient (Wildman–Crippen LogP) is 3.01. The summed E-state index contributed by atoms with van der Waals surface area (Å²) in [5.41, 5.74) is 7.35. The van der Waals surface area contributed by atoms with E-state index in [1.807, 2.05) is 6.07 Å². The summed E-state index contributed by atoms with van der Waals surface area (Å²) in [4.78, 5) is 0. The Morgan fingerprint density at radius 2 is 2.05 bits per heavy atom. The number of rotatable bonds is 3. The predicted molar refractivity (Wildman–Crippen MR) is 76.7 cm³/mol. The number of benzene rings is 1. The normalized spacial score (nSPS) is 11.8. The van der Waals surface area contributed by atoms with Crippen LogP contribution in [0.4, 0.5) is 5.69 Å². The van der Waals surface area contributed by atoms with E-state index >= 15 is 0 Å². The lowest BCUT2D eigenvalue weighted by Crippen LogP contribution is -2.12. The largest absolute Gasteiger partial charge is 0.399 e. The minimum atomic E-state index is 0.230. The standard InChI is InChI=1S/C13H18ClN5/c1-13(2,3)6-7-19-12(16-17-18-19)10-5-4-9(15)8-11(10)14/h4-5,8H,6-7,15H2,1-3H3. The number of nitrogens with zero attached hydrogens (tertiary/aromatic N) is 4. The van der Waals surface area contributed by atoms with Crippen molar-refractivity contribution in [3.05, 3.63) is 23.2 Å². The summed E-state index contributed by atoms with van der Waals surface area (Å²) >= 11 is 6.19. The van der Waals surface area contributed by atoms with Crippen LogP contribution >= 0.6 is 11.6 Å². The van der Waals surface area contributed by atoms with Gasteiger partial charge in [0.25, 0.3) is 0 Å². The summed E-state index contributed by atoms with van der Waals surface area (Å²) < 4.78 is 1.78. The smallest absolute Gasteiger partial charge is 0.183 e. The lowest BCUT2D eigenvalue weighted by atomic mass is 9.92. The maximum absolute atomic E-state index is 6.19. The molecule has 1 heterocycles. The monoisotopic (exact) mass is 279 g/mol. The first kappa shape index (κ1) is 13.8. The molecule has 19 heavy (non-hydrogen) atoms. The summed E-state index contributed by atoms with van der Waals surface area (Å²) in [7, 11) is 0. The van der Waals surface area contributed by atoms with Gasteiger partial charge < -0.3 is 5.73 Å². The van der Waals surface area contributed by atoms with Crippen LogP contribution in [0.2, 0.25) is 5.02 Å². The lowest BCUT2D eigenvalue weighted by molar-refractivity contribution is 0.340. The van der Waals surface area contributed by atoms with Crippen molar-refractivity contribution < 1.29 is 0 Å². The van der Waals surface area contributed by atoms with E-state index in [-0.39, 0.29) is 5.41 Å². The first-order valence-corrected chi connectivity index (χ1v) is 6.56. The van der Waals surface area contributed by atoms with Crippen molar-refractivity contribution in [2.45, 2.75) is 33.7 Å². The zero-order chi connectivity index (χ0) is 14.0. The molecule has 0 aliphatic carbocycles. The van der Waals surface area contributed by atoms with Gasteiger partial charge in [0.15, 0.2) is 5.82 Å². The van der Waals surface area contributed by atoms with E-state index in [2.05, 4.69) is 36.3 Å². The molecular weight excluding hydrogens is 262 g/mol. The summed E-state index contributed by atoms with van der Waals surface area (Å²) in [6.45, 7) is 7.32. The molecule has 0 spiro atoms. The lowest BCUT2D eigenvalue weighted by Gasteiger charge is -2.17. The highest BCUT2D eigenvalue weighted by Gasteiger charge is 2.15. The maximum atomic E-state index is 6.19. The first-order chi connectivity index (χ1) is 8.87. The summed E-state index contributed by atoms with van der Waals surface area (Å²) in [5, 5.41) is 12.4. The van der Waals surface area contributed by atoms with Gasteiger partial charge >= 0.3 is 0 Å². The second kappa shape index (κ2) is 5.17. The molecule has 0 aliphatic rings. The van der Waals surface area contributed by atoms with E-state index in [1.165, 1.54) is 0 Å². The van der Waals surface area contributed by atoms with Crippen LogP contribution in [-0.4, -0.2) is 20.2 Å². The highest BCUT2D eigenvalue weighted by atomic mass is 35.5. The third kappa shape index (κ3) is 3.44. The third-order valence-corrected chi connectivity index (χ3v) is 3.15. The Hall–Kier alpha value is -1.62. The second-order valence-electron chi connectivity index (χ2n) is 5.78. The fourth-order valence-corrected chi connectivity index (χ4v) is 1.98. The number of tetrazole rings is 1. The molecule has 0 unspecified atom stereocenters. The molecule has 0 atom stereocenters. The summed E-state index contributed by atoms with van der Waals surface area (Å²) in [6.07, 6.45) is 0.984. The molecule has 0 fully saturated rings. The SMILES string of the molecule is CC(C)(C)CCn1nnnc1-c1ccc(N)cc1Cl. The van der Waals surface area contributed by atoms with Gasteiger partial charge in [0.1, 0.15) is 0 Å². The Labute approximate surface area is 117 Å². The molecule has 102 valence electrons. The van der Waals surface area contributed by atoms with E-state index in [4.69, 9.17) is 17.3 Å². The van der Waals surface area contributed by atoms with E-state index in [0.717, 1.165) is 18.5 Å². The third-order valence-electron chi connectivity index (χ3n) is 2.84. The molecule has 0 amide bonds. The van der Waals surface area contributed by atoms with Gasteiger partial charge in [0.05, 0.1) is 5.02 Å². The van der Waals surface area contributed by atoms with Crippen LogP contribution < -0.4 is 5.73 Å². The van der Waals surface area contributed by atoms with Crippen molar-refractivity contribution in [3.63, 3.8) is 0 Å². The number of hydrogen-bond donors (Lipinski definition) is 1. The number of nitrogens with two attached hydrogens (primary N) is 1. The quantitative estimate of drug-likeness (QED) is 0.877. The fourth-order valence-electron chi connectivity index (χ4n) is 1.70. The Kier molecular flexibility index (Phi) is 3.75. The van der Waals surface area contributed by atoms with Gasteiger partial charge in [-0.2, -0.15) is 0 Å². The van der Waals surface area contributed by atoms with E-state index < -0.39 is 0 Å². The van der Waals surface area contributed by atoms with Crippen molar-refractivity contribution in [3.8, 4) is 11.4 Å². The highest BCUT2D eigenvalue weighted by Crippen LogP contribution is 2.28. The van der Waals surface area contributed by atoms with Gasteiger partial charge in [0.2, 0.25) is 0 Å². The Morgan fingerprint density at radius 3 is 2.68 bits per heavy atom.